The minimum Gasteiger partial charge on any atom is -0.332 e. The molecule has 3 nitrogen and oxygen atoms in total. The normalized spacial score (nSPS) is 41.5. The molecule has 0 bridgehead atoms. The molecule has 0 aromatic rings. The molecule has 0 aromatic carbocycles. The molecular weight excluding hydrogens is 160 g/mol. The first kappa shape index (κ1) is 7.28. The monoisotopic (exact) mass is 172 g/mol. The van der Waals surface area contributed by atoms with Gasteiger partial charge in [0, 0.05) is 11.0 Å². The van der Waals surface area contributed by atoms with Crippen molar-refractivity contribution in [2.24, 2.45) is 0 Å². The summed E-state index contributed by atoms with van der Waals surface area (Å²) in [6, 6.07) is 0.786. The first-order valence-electron chi connectivity index (χ1n) is 4.00. The highest BCUT2D eigenvalue weighted by molar-refractivity contribution is 8.00. The highest BCUT2D eigenvalue weighted by Gasteiger charge is 2.41. The van der Waals surface area contributed by atoms with Gasteiger partial charge in [-0.1, -0.05) is 6.92 Å². The van der Waals surface area contributed by atoms with Crippen LogP contribution in [-0.2, 0) is 0 Å². The van der Waals surface area contributed by atoms with Crippen molar-refractivity contribution in [3.05, 3.63) is 0 Å². The van der Waals surface area contributed by atoms with Gasteiger partial charge in [-0.25, -0.2) is 4.79 Å². The Balaban J connectivity index is 2.07. The summed E-state index contributed by atoms with van der Waals surface area (Å²) < 4.78 is 0. The average molecular weight is 172 g/mol. The van der Waals surface area contributed by atoms with Crippen molar-refractivity contribution in [3.8, 4) is 0 Å². The van der Waals surface area contributed by atoms with E-state index in [1.165, 1.54) is 0 Å². The third-order valence-corrected chi connectivity index (χ3v) is 3.95. The molecule has 2 aliphatic rings. The largest absolute Gasteiger partial charge is 0.332 e. The van der Waals surface area contributed by atoms with Gasteiger partial charge in [0.05, 0.1) is 12.1 Å². The Hall–Kier alpha value is -0.380. The molecule has 62 valence electrons. The molecule has 2 rings (SSSR count). The molecule has 0 aliphatic carbocycles. The fourth-order valence-electron chi connectivity index (χ4n) is 1.75. The molecule has 0 radical (unpaired) electrons. The van der Waals surface area contributed by atoms with E-state index in [1.807, 2.05) is 11.8 Å². The number of carbonyl (C=O) groups is 1. The Kier molecular flexibility index (Phi) is 1.71. The fraction of sp³-hybridized carbons (Fsp3) is 0.857. The Labute approximate surface area is 70.3 Å². The van der Waals surface area contributed by atoms with E-state index < -0.39 is 0 Å². The minimum atomic E-state index is 0.0127. The van der Waals surface area contributed by atoms with Gasteiger partial charge in [-0.3, -0.25) is 0 Å². The minimum absolute atomic E-state index is 0.0127. The Morgan fingerprint density at radius 3 is 3.18 bits per heavy atom. The number of hydrogen-bond donors (Lipinski definition) is 2. The number of amides is 2. The molecule has 2 heterocycles. The van der Waals surface area contributed by atoms with Gasteiger partial charge in [0.15, 0.2) is 0 Å². The lowest BCUT2D eigenvalue weighted by molar-refractivity contribution is 0.247. The third kappa shape index (κ3) is 1.09. The van der Waals surface area contributed by atoms with Crippen LogP contribution in [-0.4, -0.2) is 29.1 Å². The third-order valence-electron chi connectivity index (χ3n) is 2.34. The second-order valence-corrected chi connectivity index (χ2v) is 4.30. The van der Waals surface area contributed by atoms with Gasteiger partial charge < -0.3 is 10.6 Å². The van der Waals surface area contributed by atoms with Gasteiger partial charge in [0.25, 0.3) is 0 Å². The van der Waals surface area contributed by atoms with E-state index in [9.17, 15) is 4.79 Å². The molecule has 0 spiro atoms. The summed E-state index contributed by atoms with van der Waals surface area (Å²) in [5, 5.41) is 6.48. The first-order valence-corrected chi connectivity index (χ1v) is 5.04. The predicted molar refractivity (Wildman–Crippen MR) is 45.8 cm³/mol. The topological polar surface area (TPSA) is 41.1 Å². The number of urea groups is 1. The quantitative estimate of drug-likeness (QED) is 0.567. The van der Waals surface area contributed by atoms with E-state index in [2.05, 4.69) is 17.6 Å². The number of hydrogen-bond acceptors (Lipinski definition) is 2. The molecular formula is C7H12N2OS. The summed E-state index contributed by atoms with van der Waals surface area (Å²) in [7, 11) is 0. The maximum Gasteiger partial charge on any atom is 0.315 e. The van der Waals surface area contributed by atoms with Crippen LogP contribution >= 0.6 is 11.8 Å². The van der Waals surface area contributed by atoms with Gasteiger partial charge >= 0.3 is 6.03 Å². The first-order chi connectivity index (χ1) is 5.31. The van der Waals surface area contributed by atoms with E-state index in [-0.39, 0.29) is 6.03 Å². The van der Waals surface area contributed by atoms with Gasteiger partial charge in [-0.05, 0) is 6.42 Å². The van der Waals surface area contributed by atoms with Gasteiger partial charge in [0.2, 0.25) is 0 Å². The van der Waals surface area contributed by atoms with E-state index >= 15 is 0 Å². The number of carbonyl (C=O) groups excluding carboxylic acids is 1. The van der Waals surface area contributed by atoms with Crippen molar-refractivity contribution in [1.82, 2.24) is 10.6 Å². The van der Waals surface area contributed by atoms with Crippen LogP contribution in [0.15, 0.2) is 0 Å². The summed E-state index contributed by atoms with van der Waals surface area (Å²) in [5.41, 5.74) is 0. The lowest BCUT2D eigenvalue weighted by Crippen LogP contribution is -2.36. The zero-order valence-electron chi connectivity index (χ0n) is 6.46. The molecule has 11 heavy (non-hydrogen) atoms. The van der Waals surface area contributed by atoms with Crippen LogP contribution in [0.4, 0.5) is 4.79 Å². The van der Waals surface area contributed by atoms with Crippen LogP contribution < -0.4 is 10.6 Å². The van der Waals surface area contributed by atoms with Gasteiger partial charge in [0.1, 0.15) is 0 Å². The molecule has 4 heteroatoms. The molecule has 0 unspecified atom stereocenters. The van der Waals surface area contributed by atoms with Crippen molar-refractivity contribution < 1.29 is 4.79 Å². The van der Waals surface area contributed by atoms with E-state index in [0.29, 0.717) is 17.3 Å². The zero-order valence-corrected chi connectivity index (χ0v) is 7.28. The fourth-order valence-corrected chi connectivity index (χ4v) is 3.20. The molecule has 2 aliphatic heterocycles. The van der Waals surface area contributed by atoms with E-state index in [4.69, 9.17) is 0 Å². The van der Waals surface area contributed by atoms with Crippen molar-refractivity contribution in [2.75, 3.05) is 5.75 Å². The average Bonchev–Trinajstić information content (AvgIpc) is 2.45. The number of nitrogens with one attached hydrogen (secondary N) is 2. The van der Waals surface area contributed by atoms with Crippen molar-refractivity contribution in [2.45, 2.75) is 30.7 Å². The van der Waals surface area contributed by atoms with Crippen molar-refractivity contribution in [1.29, 1.82) is 0 Å². The Morgan fingerprint density at radius 1 is 1.64 bits per heavy atom. The SMILES string of the molecule is CC[C@H]1SC[C@H]2NC(=O)N[C@H]21. The van der Waals surface area contributed by atoms with Crippen molar-refractivity contribution >= 4 is 17.8 Å². The van der Waals surface area contributed by atoms with Gasteiger partial charge in [-0.15, -0.1) is 0 Å². The predicted octanol–water partition coefficient (Wildman–Crippen LogP) is 0.562. The second kappa shape index (κ2) is 2.59. The van der Waals surface area contributed by atoms with Crippen LogP contribution in [0.3, 0.4) is 0 Å². The molecule has 0 aromatic heterocycles. The second-order valence-electron chi connectivity index (χ2n) is 3.03. The number of fused-ring (bicyclic) bond motifs is 1. The summed E-state index contributed by atoms with van der Waals surface area (Å²) in [4.78, 5) is 10.9. The van der Waals surface area contributed by atoms with Crippen LogP contribution in [0.25, 0.3) is 0 Å². The number of rotatable bonds is 1. The lowest BCUT2D eigenvalue weighted by Gasteiger charge is -2.13. The standard InChI is InChI=1S/C7H12N2OS/c1-2-5-6-4(3-11-5)8-7(10)9-6/h4-6H,2-3H2,1H3,(H2,8,9,10)/t4-,5-,6-/m1/s1. The Morgan fingerprint density at radius 2 is 2.45 bits per heavy atom. The molecule has 2 saturated heterocycles. The molecule has 2 amide bonds. The highest BCUT2D eigenvalue weighted by Crippen LogP contribution is 2.31. The smallest absolute Gasteiger partial charge is 0.315 e. The van der Waals surface area contributed by atoms with Crippen LogP contribution in [0.5, 0.6) is 0 Å². The van der Waals surface area contributed by atoms with Crippen molar-refractivity contribution in [3.63, 3.8) is 0 Å². The van der Waals surface area contributed by atoms with E-state index in [0.717, 1.165) is 12.2 Å². The summed E-state index contributed by atoms with van der Waals surface area (Å²) in [5.74, 6) is 1.07. The molecule has 0 saturated carbocycles. The molecule has 3 atom stereocenters. The maximum absolute atomic E-state index is 10.9. The van der Waals surface area contributed by atoms with Crippen LogP contribution in [0.2, 0.25) is 0 Å². The maximum atomic E-state index is 10.9. The Bertz CT molecular complexity index is 185. The highest BCUT2D eigenvalue weighted by atomic mass is 32.2. The van der Waals surface area contributed by atoms with Crippen LogP contribution in [0, 0.1) is 0 Å². The summed E-state index contributed by atoms with van der Waals surface area (Å²) >= 11 is 1.96. The lowest BCUT2D eigenvalue weighted by atomic mass is 10.1. The van der Waals surface area contributed by atoms with Gasteiger partial charge in [-0.2, -0.15) is 11.8 Å². The summed E-state index contributed by atoms with van der Waals surface area (Å²) in [6.45, 7) is 2.17. The van der Waals surface area contributed by atoms with E-state index in [1.54, 1.807) is 0 Å². The summed E-state index contributed by atoms with van der Waals surface area (Å²) in [6.07, 6.45) is 1.15. The zero-order chi connectivity index (χ0) is 7.84. The molecule has 2 fully saturated rings. The molecule has 2 N–H and O–H groups in total. The number of thioether (sulfide) groups is 1. The van der Waals surface area contributed by atoms with Crippen LogP contribution in [0.1, 0.15) is 13.3 Å².